The standard InChI is InChI=1S/C12H14N6/c1-2-4-14-10(3-1)11-12(15-9-16-17-11)18-7-5-13-6-8-18/h1-4,9,13H,5-8H2. The van der Waals surface area contributed by atoms with Gasteiger partial charge in [0.1, 0.15) is 6.33 Å². The van der Waals surface area contributed by atoms with Gasteiger partial charge in [-0.2, -0.15) is 0 Å². The van der Waals surface area contributed by atoms with Gasteiger partial charge in [-0.1, -0.05) is 6.07 Å². The third-order valence-electron chi connectivity index (χ3n) is 2.93. The zero-order chi connectivity index (χ0) is 12.2. The number of anilines is 1. The highest BCUT2D eigenvalue weighted by Crippen LogP contribution is 2.23. The summed E-state index contributed by atoms with van der Waals surface area (Å²) in [5.41, 5.74) is 1.56. The van der Waals surface area contributed by atoms with Crippen molar-refractivity contribution in [3.8, 4) is 11.4 Å². The molecule has 18 heavy (non-hydrogen) atoms. The molecule has 6 heteroatoms. The van der Waals surface area contributed by atoms with Crippen molar-refractivity contribution in [3.63, 3.8) is 0 Å². The fraction of sp³-hybridized carbons (Fsp3) is 0.333. The minimum atomic E-state index is 0.750. The molecule has 1 N–H and O–H groups in total. The molecule has 1 aliphatic rings. The van der Waals surface area contributed by atoms with Gasteiger partial charge in [-0.05, 0) is 12.1 Å². The van der Waals surface area contributed by atoms with E-state index in [1.807, 2.05) is 18.2 Å². The Kier molecular flexibility index (Phi) is 3.10. The van der Waals surface area contributed by atoms with Crippen LogP contribution in [0.15, 0.2) is 30.7 Å². The van der Waals surface area contributed by atoms with Crippen molar-refractivity contribution in [3.05, 3.63) is 30.7 Å². The predicted octanol–water partition coefficient (Wildman–Crippen LogP) is 0.343. The van der Waals surface area contributed by atoms with Crippen molar-refractivity contribution in [2.24, 2.45) is 0 Å². The molecule has 0 atom stereocenters. The van der Waals surface area contributed by atoms with Gasteiger partial charge in [-0.25, -0.2) is 4.98 Å². The molecule has 0 spiro atoms. The SMILES string of the molecule is c1ccc(-c2nncnc2N2CCNCC2)nc1. The fourth-order valence-corrected chi connectivity index (χ4v) is 2.05. The van der Waals surface area contributed by atoms with E-state index < -0.39 is 0 Å². The van der Waals surface area contributed by atoms with Crippen molar-refractivity contribution in [1.82, 2.24) is 25.5 Å². The number of pyridine rings is 1. The highest BCUT2D eigenvalue weighted by Gasteiger charge is 2.18. The largest absolute Gasteiger partial charge is 0.352 e. The van der Waals surface area contributed by atoms with Crippen LogP contribution in [0, 0.1) is 0 Å². The normalized spacial score (nSPS) is 15.7. The Labute approximate surface area is 105 Å². The molecule has 2 aromatic rings. The Bertz CT molecular complexity index is 509. The van der Waals surface area contributed by atoms with E-state index in [2.05, 4.69) is 30.4 Å². The molecule has 3 heterocycles. The summed E-state index contributed by atoms with van der Waals surface area (Å²) in [6.07, 6.45) is 3.25. The first-order valence-corrected chi connectivity index (χ1v) is 6.00. The number of nitrogens with zero attached hydrogens (tertiary/aromatic N) is 5. The Morgan fingerprint density at radius 1 is 1.11 bits per heavy atom. The molecule has 0 bridgehead atoms. The lowest BCUT2D eigenvalue weighted by atomic mass is 10.2. The molecule has 0 aliphatic carbocycles. The second-order valence-electron chi connectivity index (χ2n) is 4.08. The average molecular weight is 242 g/mol. The van der Waals surface area contributed by atoms with Crippen LogP contribution in [0.3, 0.4) is 0 Å². The van der Waals surface area contributed by atoms with E-state index in [0.717, 1.165) is 43.4 Å². The second kappa shape index (κ2) is 5.05. The van der Waals surface area contributed by atoms with Crippen molar-refractivity contribution in [2.45, 2.75) is 0 Å². The zero-order valence-electron chi connectivity index (χ0n) is 9.95. The van der Waals surface area contributed by atoms with E-state index in [-0.39, 0.29) is 0 Å². The molecule has 3 rings (SSSR count). The molecular formula is C12H14N6. The smallest absolute Gasteiger partial charge is 0.160 e. The summed E-state index contributed by atoms with van der Waals surface area (Å²) < 4.78 is 0. The van der Waals surface area contributed by atoms with Crippen LogP contribution in [-0.4, -0.2) is 46.3 Å². The molecule has 1 fully saturated rings. The van der Waals surface area contributed by atoms with Crippen LogP contribution >= 0.6 is 0 Å². The summed E-state index contributed by atoms with van der Waals surface area (Å²) in [4.78, 5) is 10.9. The maximum Gasteiger partial charge on any atom is 0.160 e. The van der Waals surface area contributed by atoms with E-state index in [1.54, 1.807) is 6.20 Å². The van der Waals surface area contributed by atoms with Gasteiger partial charge in [0.2, 0.25) is 0 Å². The molecule has 0 saturated carbocycles. The average Bonchev–Trinajstić information content (AvgIpc) is 2.49. The van der Waals surface area contributed by atoms with Gasteiger partial charge in [0.25, 0.3) is 0 Å². The molecule has 2 aromatic heterocycles. The zero-order valence-corrected chi connectivity index (χ0v) is 9.95. The highest BCUT2D eigenvalue weighted by molar-refractivity contribution is 5.68. The maximum absolute atomic E-state index is 4.36. The van der Waals surface area contributed by atoms with Crippen molar-refractivity contribution in [2.75, 3.05) is 31.1 Å². The Hall–Kier alpha value is -2.08. The topological polar surface area (TPSA) is 66.8 Å². The van der Waals surface area contributed by atoms with Gasteiger partial charge in [0.15, 0.2) is 11.5 Å². The lowest BCUT2D eigenvalue weighted by Crippen LogP contribution is -2.44. The summed E-state index contributed by atoms with van der Waals surface area (Å²) >= 11 is 0. The molecule has 1 saturated heterocycles. The van der Waals surface area contributed by atoms with Gasteiger partial charge < -0.3 is 10.2 Å². The third kappa shape index (κ3) is 2.14. The molecule has 6 nitrogen and oxygen atoms in total. The van der Waals surface area contributed by atoms with Crippen LogP contribution < -0.4 is 10.2 Å². The minimum absolute atomic E-state index is 0.750. The molecule has 0 amide bonds. The van der Waals surface area contributed by atoms with Gasteiger partial charge in [-0.15, -0.1) is 10.2 Å². The first-order valence-electron chi connectivity index (χ1n) is 6.00. The quantitative estimate of drug-likeness (QED) is 0.819. The van der Waals surface area contributed by atoms with Crippen LogP contribution in [0.1, 0.15) is 0 Å². The third-order valence-corrected chi connectivity index (χ3v) is 2.93. The van der Waals surface area contributed by atoms with Crippen molar-refractivity contribution < 1.29 is 0 Å². The van der Waals surface area contributed by atoms with Gasteiger partial charge in [0, 0.05) is 32.4 Å². The minimum Gasteiger partial charge on any atom is -0.352 e. The summed E-state index contributed by atoms with van der Waals surface area (Å²) in [5.74, 6) is 0.866. The van der Waals surface area contributed by atoms with Gasteiger partial charge in [0.05, 0.1) is 5.69 Å². The Morgan fingerprint density at radius 2 is 2.00 bits per heavy atom. The lowest BCUT2D eigenvalue weighted by Gasteiger charge is -2.28. The summed E-state index contributed by atoms with van der Waals surface area (Å²) in [5, 5.41) is 11.4. The number of nitrogens with one attached hydrogen (secondary N) is 1. The summed E-state index contributed by atoms with van der Waals surface area (Å²) in [6.45, 7) is 3.79. The number of aromatic nitrogens is 4. The maximum atomic E-state index is 4.36. The van der Waals surface area contributed by atoms with Crippen LogP contribution in [0.2, 0.25) is 0 Å². The Balaban J connectivity index is 1.99. The molecule has 0 radical (unpaired) electrons. The first kappa shape index (κ1) is 11.0. The van der Waals surface area contributed by atoms with Crippen LogP contribution in [-0.2, 0) is 0 Å². The van der Waals surface area contributed by atoms with E-state index in [0.29, 0.717) is 0 Å². The first-order chi connectivity index (χ1) is 8.95. The second-order valence-corrected chi connectivity index (χ2v) is 4.08. The van der Waals surface area contributed by atoms with Crippen LogP contribution in [0.5, 0.6) is 0 Å². The molecular weight excluding hydrogens is 228 g/mol. The van der Waals surface area contributed by atoms with Crippen molar-refractivity contribution >= 4 is 5.82 Å². The monoisotopic (exact) mass is 242 g/mol. The molecule has 92 valence electrons. The summed E-state index contributed by atoms with van der Waals surface area (Å²) in [7, 11) is 0. The van der Waals surface area contributed by atoms with Crippen LogP contribution in [0.25, 0.3) is 11.4 Å². The predicted molar refractivity (Wildman–Crippen MR) is 68.1 cm³/mol. The highest BCUT2D eigenvalue weighted by atomic mass is 15.3. The molecule has 0 aromatic carbocycles. The van der Waals surface area contributed by atoms with E-state index >= 15 is 0 Å². The lowest BCUT2D eigenvalue weighted by molar-refractivity contribution is 0.583. The number of hydrogen-bond acceptors (Lipinski definition) is 6. The molecule has 1 aliphatic heterocycles. The van der Waals surface area contributed by atoms with Crippen molar-refractivity contribution in [1.29, 1.82) is 0 Å². The Morgan fingerprint density at radius 3 is 2.78 bits per heavy atom. The fourth-order valence-electron chi connectivity index (χ4n) is 2.05. The van der Waals surface area contributed by atoms with E-state index in [4.69, 9.17) is 0 Å². The number of piperazine rings is 1. The van der Waals surface area contributed by atoms with Gasteiger partial charge >= 0.3 is 0 Å². The summed E-state index contributed by atoms with van der Waals surface area (Å²) in [6, 6.07) is 5.76. The number of rotatable bonds is 2. The van der Waals surface area contributed by atoms with Gasteiger partial charge in [-0.3, -0.25) is 4.98 Å². The number of hydrogen-bond donors (Lipinski definition) is 1. The van der Waals surface area contributed by atoms with E-state index in [9.17, 15) is 0 Å². The van der Waals surface area contributed by atoms with Crippen LogP contribution in [0.4, 0.5) is 5.82 Å². The molecule has 0 unspecified atom stereocenters. The van der Waals surface area contributed by atoms with E-state index in [1.165, 1.54) is 6.33 Å².